The average molecular weight is 277 g/mol. The van der Waals surface area contributed by atoms with Crippen LogP contribution >= 0.6 is 0 Å². The number of nitrogens with zero attached hydrogens (tertiary/aromatic N) is 1. The van der Waals surface area contributed by atoms with Gasteiger partial charge in [-0.1, -0.05) is 6.07 Å². The summed E-state index contributed by atoms with van der Waals surface area (Å²) in [7, 11) is 1.66. The zero-order valence-electron chi connectivity index (χ0n) is 12.4. The third kappa shape index (κ3) is 2.94. The Balaban J connectivity index is 2.38. The molecule has 1 amide bonds. The van der Waals surface area contributed by atoms with Crippen molar-refractivity contribution >= 4 is 5.91 Å². The predicted octanol–water partition coefficient (Wildman–Crippen LogP) is 0.744. The summed E-state index contributed by atoms with van der Waals surface area (Å²) in [6.07, 6.45) is 0. The average Bonchev–Trinajstić information content (AvgIpc) is 2.43. The van der Waals surface area contributed by atoms with Gasteiger partial charge in [0.05, 0.1) is 7.11 Å². The highest BCUT2D eigenvalue weighted by Crippen LogP contribution is 2.29. The summed E-state index contributed by atoms with van der Waals surface area (Å²) in [5.41, 5.74) is 8.70. The van der Waals surface area contributed by atoms with E-state index in [-0.39, 0.29) is 11.9 Å². The van der Waals surface area contributed by atoms with E-state index in [1.165, 1.54) is 0 Å². The van der Waals surface area contributed by atoms with Crippen molar-refractivity contribution in [3.63, 3.8) is 0 Å². The summed E-state index contributed by atoms with van der Waals surface area (Å²) in [5.74, 6) is 0.550. The SMILES string of the molecule is COc1cc(C)c(C(C(N)=O)N2CCNCC2)cc1C. The minimum atomic E-state index is -0.360. The van der Waals surface area contributed by atoms with Gasteiger partial charge in [-0.05, 0) is 36.6 Å². The van der Waals surface area contributed by atoms with Crippen LogP contribution in [0.15, 0.2) is 12.1 Å². The Morgan fingerprint density at radius 1 is 1.30 bits per heavy atom. The molecule has 1 heterocycles. The molecule has 0 saturated carbocycles. The molecule has 1 atom stereocenters. The number of nitrogens with two attached hydrogens (primary N) is 1. The molecule has 1 aromatic rings. The first-order chi connectivity index (χ1) is 9.54. The Kier molecular flexibility index (Phi) is 4.62. The normalized spacial score (nSPS) is 17.8. The molecule has 20 heavy (non-hydrogen) atoms. The van der Waals surface area contributed by atoms with E-state index < -0.39 is 0 Å². The quantitative estimate of drug-likeness (QED) is 0.852. The highest BCUT2D eigenvalue weighted by Gasteiger charge is 2.28. The molecule has 0 radical (unpaired) electrons. The molecule has 0 spiro atoms. The van der Waals surface area contributed by atoms with Crippen molar-refractivity contribution in [2.45, 2.75) is 19.9 Å². The van der Waals surface area contributed by atoms with Crippen LogP contribution in [0.1, 0.15) is 22.7 Å². The number of primary amides is 1. The Morgan fingerprint density at radius 2 is 1.95 bits per heavy atom. The van der Waals surface area contributed by atoms with Crippen LogP contribution in [0.3, 0.4) is 0 Å². The van der Waals surface area contributed by atoms with E-state index in [1.807, 2.05) is 26.0 Å². The lowest BCUT2D eigenvalue weighted by atomic mass is 9.96. The number of aryl methyl sites for hydroxylation is 2. The Morgan fingerprint density at radius 3 is 2.50 bits per heavy atom. The fourth-order valence-electron chi connectivity index (χ4n) is 2.80. The van der Waals surface area contributed by atoms with Crippen molar-refractivity contribution in [3.8, 4) is 5.75 Å². The van der Waals surface area contributed by atoms with Gasteiger partial charge < -0.3 is 15.8 Å². The molecule has 1 aromatic carbocycles. The number of nitrogens with one attached hydrogen (secondary N) is 1. The van der Waals surface area contributed by atoms with E-state index in [4.69, 9.17) is 10.5 Å². The molecule has 0 bridgehead atoms. The lowest BCUT2D eigenvalue weighted by Crippen LogP contribution is -2.48. The highest BCUT2D eigenvalue weighted by molar-refractivity contribution is 5.82. The smallest absolute Gasteiger partial charge is 0.239 e. The number of hydrogen-bond donors (Lipinski definition) is 2. The van der Waals surface area contributed by atoms with Gasteiger partial charge in [-0.15, -0.1) is 0 Å². The lowest BCUT2D eigenvalue weighted by molar-refractivity contribution is -0.123. The van der Waals surface area contributed by atoms with E-state index in [1.54, 1.807) is 7.11 Å². The predicted molar refractivity (Wildman–Crippen MR) is 78.8 cm³/mol. The van der Waals surface area contributed by atoms with Crippen LogP contribution in [0.5, 0.6) is 5.75 Å². The van der Waals surface area contributed by atoms with Crippen LogP contribution in [-0.4, -0.2) is 44.1 Å². The van der Waals surface area contributed by atoms with Gasteiger partial charge in [0.1, 0.15) is 11.8 Å². The van der Waals surface area contributed by atoms with E-state index in [0.29, 0.717) is 0 Å². The van der Waals surface area contributed by atoms with Crippen molar-refractivity contribution in [2.24, 2.45) is 5.73 Å². The number of benzene rings is 1. The molecule has 1 aliphatic heterocycles. The largest absolute Gasteiger partial charge is 0.496 e. The van der Waals surface area contributed by atoms with E-state index >= 15 is 0 Å². The topological polar surface area (TPSA) is 67.6 Å². The zero-order valence-corrected chi connectivity index (χ0v) is 12.4. The number of carbonyl (C=O) groups excluding carboxylic acids is 1. The third-order valence-electron chi connectivity index (χ3n) is 3.86. The molecule has 5 nitrogen and oxygen atoms in total. The number of amides is 1. The van der Waals surface area contributed by atoms with Crippen molar-refractivity contribution in [2.75, 3.05) is 33.3 Å². The Labute approximate surface area is 120 Å². The number of methoxy groups -OCH3 is 1. The molecular weight excluding hydrogens is 254 g/mol. The molecule has 0 aromatic heterocycles. The zero-order chi connectivity index (χ0) is 14.7. The van der Waals surface area contributed by atoms with Crippen molar-refractivity contribution in [3.05, 3.63) is 28.8 Å². The molecule has 1 saturated heterocycles. The van der Waals surface area contributed by atoms with Gasteiger partial charge in [0.25, 0.3) is 0 Å². The molecule has 3 N–H and O–H groups in total. The van der Waals surface area contributed by atoms with E-state index in [2.05, 4.69) is 10.2 Å². The number of piperazine rings is 1. The summed E-state index contributed by atoms with van der Waals surface area (Å²) >= 11 is 0. The molecule has 2 rings (SSSR count). The first-order valence-corrected chi connectivity index (χ1v) is 6.93. The maximum absolute atomic E-state index is 11.9. The summed E-state index contributed by atoms with van der Waals surface area (Å²) in [5, 5.41) is 3.29. The van der Waals surface area contributed by atoms with E-state index in [9.17, 15) is 4.79 Å². The summed E-state index contributed by atoms with van der Waals surface area (Å²) in [6, 6.07) is 3.63. The fraction of sp³-hybridized carbons (Fsp3) is 0.533. The molecule has 5 heteroatoms. The van der Waals surface area contributed by atoms with Crippen molar-refractivity contribution < 1.29 is 9.53 Å². The van der Waals surface area contributed by atoms with Gasteiger partial charge in [0.15, 0.2) is 0 Å². The van der Waals surface area contributed by atoms with Gasteiger partial charge in [0, 0.05) is 26.2 Å². The maximum atomic E-state index is 11.9. The molecule has 1 unspecified atom stereocenters. The number of rotatable bonds is 4. The van der Waals surface area contributed by atoms with Crippen LogP contribution < -0.4 is 15.8 Å². The lowest BCUT2D eigenvalue weighted by Gasteiger charge is -2.34. The van der Waals surface area contributed by atoms with Crippen molar-refractivity contribution in [1.82, 2.24) is 10.2 Å². The molecular formula is C15H23N3O2. The summed E-state index contributed by atoms with van der Waals surface area (Å²) < 4.78 is 5.33. The Hall–Kier alpha value is -1.59. The second-order valence-electron chi connectivity index (χ2n) is 5.27. The molecule has 0 aliphatic carbocycles. The van der Waals surface area contributed by atoms with Gasteiger partial charge in [0.2, 0.25) is 5.91 Å². The monoisotopic (exact) mass is 277 g/mol. The van der Waals surface area contributed by atoms with Gasteiger partial charge >= 0.3 is 0 Å². The maximum Gasteiger partial charge on any atom is 0.239 e. The standard InChI is InChI=1S/C15H23N3O2/c1-10-9-13(20-3)11(2)8-12(10)14(15(16)19)18-6-4-17-5-7-18/h8-9,14,17H,4-7H2,1-3H3,(H2,16,19). The third-order valence-corrected chi connectivity index (χ3v) is 3.86. The van der Waals surface area contributed by atoms with Crippen LogP contribution in [-0.2, 0) is 4.79 Å². The summed E-state index contributed by atoms with van der Waals surface area (Å²) in [6.45, 7) is 7.42. The van der Waals surface area contributed by atoms with Gasteiger partial charge in [-0.3, -0.25) is 9.69 Å². The van der Waals surface area contributed by atoms with Crippen LogP contribution in [0.25, 0.3) is 0 Å². The van der Waals surface area contributed by atoms with Gasteiger partial charge in [-0.25, -0.2) is 0 Å². The molecule has 1 aliphatic rings. The second kappa shape index (κ2) is 6.24. The minimum Gasteiger partial charge on any atom is -0.496 e. The second-order valence-corrected chi connectivity index (χ2v) is 5.27. The number of hydrogen-bond acceptors (Lipinski definition) is 4. The van der Waals surface area contributed by atoms with Crippen LogP contribution in [0.4, 0.5) is 0 Å². The fourth-order valence-corrected chi connectivity index (χ4v) is 2.80. The van der Waals surface area contributed by atoms with Crippen LogP contribution in [0.2, 0.25) is 0 Å². The van der Waals surface area contributed by atoms with Gasteiger partial charge in [-0.2, -0.15) is 0 Å². The first-order valence-electron chi connectivity index (χ1n) is 6.93. The molecule has 110 valence electrons. The minimum absolute atomic E-state index is 0.292. The number of carbonyl (C=O) groups is 1. The van der Waals surface area contributed by atoms with Crippen molar-refractivity contribution in [1.29, 1.82) is 0 Å². The van der Waals surface area contributed by atoms with Crippen LogP contribution in [0, 0.1) is 13.8 Å². The summed E-state index contributed by atoms with van der Waals surface area (Å²) in [4.78, 5) is 14.1. The Bertz CT molecular complexity index is 496. The highest BCUT2D eigenvalue weighted by atomic mass is 16.5. The molecule has 1 fully saturated rings. The first kappa shape index (κ1) is 14.8. The van der Waals surface area contributed by atoms with E-state index in [0.717, 1.165) is 48.6 Å². The number of ether oxygens (including phenoxy) is 1.